The number of methoxy groups -OCH3 is 3. The first kappa shape index (κ1) is 16.8. The molecular formula is C21H23NO4. The second-order valence-electron chi connectivity index (χ2n) is 6.78. The van der Waals surface area contributed by atoms with Crippen molar-refractivity contribution in [3.63, 3.8) is 0 Å². The molecule has 1 heterocycles. The summed E-state index contributed by atoms with van der Waals surface area (Å²) in [5.41, 5.74) is 4.41. The normalized spacial score (nSPS) is 20.8. The molecule has 2 atom stereocenters. The van der Waals surface area contributed by atoms with Gasteiger partial charge >= 0.3 is 0 Å². The van der Waals surface area contributed by atoms with E-state index in [0.717, 1.165) is 35.5 Å². The van der Waals surface area contributed by atoms with Crippen LogP contribution in [-0.2, 0) is 11.2 Å². The standard InChI is InChI=1S/C21H23NO4/c1-24-14-7-4-12(5-8-14)19-16-10-17(25-2)20(26-3)15-9-6-13(18(15)16)11-22-21(19)23/h4-5,7-8,10,13,19H,6,9,11H2,1-3H3,(H,22,23)/t13-,19-/m0/s1. The van der Waals surface area contributed by atoms with Crippen molar-refractivity contribution in [3.05, 3.63) is 52.6 Å². The molecule has 2 aromatic carbocycles. The molecule has 4 rings (SSSR count). The number of carbonyl (C=O) groups excluding carboxylic acids is 1. The van der Waals surface area contributed by atoms with Crippen LogP contribution < -0.4 is 19.5 Å². The number of benzene rings is 2. The maximum Gasteiger partial charge on any atom is 0.232 e. The molecule has 1 aliphatic carbocycles. The minimum absolute atomic E-state index is 0.0268. The van der Waals surface area contributed by atoms with Crippen LogP contribution >= 0.6 is 0 Å². The van der Waals surface area contributed by atoms with E-state index in [1.807, 2.05) is 30.3 Å². The van der Waals surface area contributed by atoms with Crippen LogP contribution in [0.25, 0.3) is 0 Å². The second kappa shape index (κ2) is 6.56. The van der Waals surface area contributed by atoms with E-state index >= 15 is 0 Å². The highest BCUT2D eigenvalue weighted by atomic mass is 16.5. The summed E-state index contributed by atoms with van der Waals surface area (Å²) in [6.07, 6.45) is 1.96. The number of nitrogens with one attached hydrogen (secondary N) is 1. The lowest BCUT2D eigenvalue weighted by Crippen LogP contribution is -2.29. The maximum atomic E-state index is 13.0. The van der Waals surface area contributed by atoms with E-state index in [4.69, 9.17) is 14.2 Å². The number of carbonyl (C=O) groups is 1. The summed E-state index contributed by atoms with van der Waals surface area (Å²) in [5.74, 6) is 2.26. The van der Waals surface area contributed by atoms with Crippen molar-refractivity contribution in [2.24, 2.45) is 0 Å². The first-order valence-corrected chi connectivity index (χ1v) is 8.87. The number of hydrogen-bond donors (Lipinski definition) is 1. The predicted octanol–water partition coefficient (Wildman–Crippen LogP) is 3.00. The number of amides is 1. The van der Waals surface area contributed by atoms with Gasteiger partial charge in [-0.15, -0.1) is 0 Å². The molecule has 0 unspecified atom stereocenters. The van der Waals surface area contributed by atoms with Gasteiger partial charge in [-0.2, -0.15) is 0 Å². The highest BCUT2D eigenvalue weighted by Gasteiger charge is 2.38. The fraction of sp³-hybridized carbons (Fsp3) is 0.381. The van der Waals surface area contributed by atoms with Crippen molar-refractivity contribution < 1.29 is 19.0 Å². The molecule has 0 bridgehead atoms. The van der Waals surface area contributed by atoms with Gasteiger partial charge in [0.25, 0.3) is 0 Å². The Morgan fingerprint density at radius 3 is 2.46 bits per heavy atom. The molecule has 0 spiro atoms. The Hall–Kier alpha value is -2.69. The summed E-state index contributed by atoms with van der Waals surface area (Å²) in [4.78, 5) is 13.0. The van der Waals surface area contributed by atoms with Crippen molar-refractivity contribution >= 4 is 5.91 Å². The molecule has 0 aromatic heterocycles. The minimum atomic E-state index is -0.363. The molecule has 136 valence electrons. The topological polar surface area (TPSA) is 56.8 Å². The smallest absolute Gasteiger partial charge is 0.232 e. The molecule has 2 aliphatic rings. The van der Waals surface area contributed by atoms with Gasteiger partial charge in [-0.05, 0) is 47.7 Å². The van der Waals surface area contributed by atoms with Crippen LogP contribution in [0.15, 0.2) is 30.3 Å². The number of rotatable bonds is 4. The Morgan fingerprint density at radius 2 is 1.81 bits per heavy atom. The molecule has 5 heteroatoms. The van der Waals surface area contributed by atoms with Crippen molar-refractivity contribution in [2.45, 2.75) is 24.7 Å². The Labute approximate surface area is 153 Å². The number of hydrogen-bond acceptors (Lipinski definition) is 4. The Morgan fingerprint density at radius 1 is 1.04 bits per heavy atom. The molecule has 0 radical (unpaired) electrons. The molecule has 1 aliphatic heterocycles. The molecular weight excluding hydrogens is 330 g/mol. The first-order chi connectivity index (χ1) is 12.7. The largest absolute Gasteiger partial charge is 0.497 e. The Balaban J connectivity index is 1.92. The third-order valence-electron chi connectivity index (χ3n) is 5.54. The van der Waals surface area contributed by atoms with Gasteiger partial charge in [-0.1, -0.05) is 12.1 Å². The zero-order valence-corrected chi connectivity index (χ0v) is 15.3. The van der Waals surface area contributed by atoms with E-state index in [1.165, 1.54) is 11.1 Å². The molecule has 5 nitrogen and oxygen atoms in total. The van der Waals surface area contributed by atoms with E-state index in [-0.39, 0.29) is 11.8 Å². The zero-order valence-electron chi connectivity index (χ0n) is 15.3. The van der Waals surface area contributed by atoms with E-state index in [1.54, 1.807) is 21.3 Å². The van der Waals surface area contributed by atoms with Gasteiger partial charge < -0.3 is 19.5 Å². The SMILES string of the molecule is COc1ccc([C@@H]2C(=O)NC[C@@H]3CCc4c(OC)c(OC)cc2c43)cc1. The van der Waals surface area contributed by atoms with Crippen LogP contribution in [0.4, 0.5) is 0 Å². The van der Waals surface area contributed by atoms with Crippen LogP contribution in [0.1, 0.15) is 40.5 Å². The summed E-state index contributed by atoms with van der Waals surface area (Å²) in [6, 6.07) is 9.69. The van der Waals surface area contributed by atoms with Crippen LogP contribution in [0.5, 0.6) is 17.2 Å². The van der Waals surface area contributed by atoms with E-state index in [9.17, 15) is 4.79 Å². The monoisotopic (exact) mass is 353 g/mol. The maximum absolute atomic E-state index is 13.0. The summed E-state index contributed by atoms with van der Waals surface area (Å²) < 4.78 is 16.5. The summed E-state index contributed by atoms with van der Waals surface area (Å²) in [7, 11) is 4.96. The van der Waals surface area contributed by atoms with E-state index in [0.29, 0.717) is 18.2 Å². The first-order valence-electron chi connectivity index (χ1n) is 8.87. The highest BCUT2D eigenvalue weighted by molar-refractivity contribution is 5.89. The van der Waals surface area contributed by atoms with E-state index < -0.39 is 0 Å². The molecule has 0 saturated carbocycles. The lowest BCUT2D eigenvalue weighted by Gasteiger charge is -2.21. The molecule has 1 amide bonds. The van der Waals surface area contributed by atoms with Crippen molar-refractivity contribution in [2.75, 3.05) is 27.9 Å². The highest BCUT2D eigenvalue weighted by Crippen LogP contribution is 2.49. The predicted molar refractivity (Wildman–Crippen MR) is 98.5 cm³/mol. The van der Waals surface area contributed by atoms with Crippen LogP contribution in [-0.4, -0.2) is 33.8 Å². The van der Waals surface area contributed by atoms with Gasteiger partial charge in [-0.3, -0.25) is 4.79 Å². The van der Waals surface area contributed by atoms with Gasteiger partial charge in [0.15, 0.2) is 11.5 Å². The fourth-order valence-corrected chi connectivity index (χ4v) is 4.34. The third-order valence-corrected chi connectivity index (χ3v) is 5.54. The summed E-state index contributed by atoms with van der Waals surface area (Å²) >= 11 is 0. The van der Waals surface area contributed by atoms with Crippen LogP contribution in [0, 0.1) is 0 Å². The lowest BCUT2D eigenvalue weighted by atomic mass is 9.84. The third kappa shape index (κ3) is 2.50. The van der Waals surface area contributed by atoms with Gasteiger partial charge in [-0.25, -0.2) is 0 Å². The van der Waals surface area contributed by atoms with E-state index in [2.05, 4.69) is 5.32 Å². The quantitative estimate of drug-likeness (QED) is 0.918. The fourth-order valence-electron chi connectivity index (χ4n) is 4.34. The van der Waals surface area contributed by atoms with Crippen LogP contribution in [0.3, 0.4) is 0 Å². The number of ether oxygens (including phenoxy) is 3. The zero-order chi connectivity index (χ0) is 18.3. The second-order valence-corrected chi connectivity index (χ2v) is 6.78. The average molecular weight is 353 g/mol. The molecule has 26 heavy (non-hydrogen) atoms. The molecule has 1 N–H and O–H groups in total. The Bertz CT molecular complexity index is 844. The Kier molecular flexibility index (Phi) is 4.23. The van der Waals surface area contributed by atoms with Gasteiger partial charge in [0.2, 0.25) is 5.91 Å². The molecule has 0 saturated heterocycles. The van der Waals surface area contributed by atoms with Crippen molar-refractivity contribution in [1.82, 2.24) is 5.32 Å². The van der Waals surface area contributed by atoms with Crippen molar-refractivity contribution in [3.8, 4) is 17.2 Å². The van der Waals surface area contributed by atoms with Gasteiger partial charge in [0, 0.05) is 18.0 Å². The summed E-state index contributed by atoms with van der Waals surface area (Å²) in [5, 5.41) is 3.13. The van der Waals surface area contributed by atoms with Crippen molar-refractivity contribution in [1.29, 1.82) is 0 Å². The molecule has 2 aromatic rings. The summed E-state index contributed by atoms with van der Waals surface area (Å²) in [6.45, 7) is 0.668. The van der Waals surface area contributed by atoms with Gasteiger partial charge in [0.05, 0.1) is 27.2 Å². The van der Waals surface area contributed by atoms with Crippen LogP contribution in [0.2, 0.25) is 0 Å². The van der Waals surface area contributed by atoms with Gasteiger partial charge in [0.1, 0.15) is 5.75 Å². The minimum Gasteiger partial charge on any atom is -0.497 e. The molecule has 0 fully saturated rings. The average Bonchev–Trinajstić information content (AvgIpc) is 3.04. The lowest BCUT2D eigenvalue weighted by molar-refractivity contribution is -0.121.